The Labute approximate surface area is 159 Å². The van der Waals surface area contributed by atoms with Crippen molar-refractivity contribution in [3.63, 3.8) is 0 Å². The van der Waals surface area contributed by atoms with Crippen molar-refractivity contribution in [2.24, 2.45) is 5.92 Å². The van der Waals surface area contributed by atoms with Gasteiger partial charge in [0.15, 0.2) is 0 Å². The maximum atomic E-state index is 14.1. The third-order valence-electron chi connectivity index (χ3n) is 4.94. The van der Waals surface area contributed by atoms with E-state index in [0.29, 0.717) is 25.3 Å². The van der Waals surface area contributed by atoms with Crippen LogP contribution in [0.2, 0.25) is 0 Å². The first-order chi connectivity index (χ1) is 13.2. The number of methoxy groups -OCH3 is 1. The Balaban J connectivity index is 1.71. The molecule has 3 rings (SSSR count). The minimum absolute atomic E-state index is 0.0518. The molecule has 1 aliphatic heterocycles. The molecule has 1 aromatic carbocycles. The van der Waals surface area contributed by atoms with Crippen LogP contribution < -0.4 is 4.90 Å². The summed E-state index contributed by atoms with van der Waals surface area (Å²) in [6, 6.07) is 12.4. The number of halogens is 1. The Hall–Kier alpha value is -2.47. The Bertz CT molecular complexity index is 741. The van der Waals surface area contributed by atoms with Crippen LogP contribution in [0.5, 0.6) is 0 Å². The highest BCUT2D eigenvalue weighted by Crippen LogP contribution is 2.24. The molecule has 1 aliphatic rings. The number of pyridine rings is 1. The van der Waals surface area contributed by atoms with Crippen molar-refractivity contribution >= 4 is 11.7 Å². The number of amides is 1. The largest absolute Gasteiger partial charge is 0.383 e. The smallest absolute Gasteiger partial charge is 0.227 e. The van der Waals surface area contributed by atoms with Gasteiger partial charge in [0, 0.05) is 45.0 Å². The molecule has 0 saturated carbocycles. The Kier molecular flexibility index (Phi) is 6.76. The molecule has 0 radical (unpaired) electrons. The number of benzene rings is 1. The second-order valence-corrected chi connectivity index (χ2v) is 6.82. The van der Waals surface area contributed by atoms with E-state index >= 15 is 0 Å². The van der Waals surface area contributed by atoms with Crippen molar-refractivity contribution in [1.82, 2.24) is 9.88 Å². The average Bonchev–Trinajstić information content (AvgIpc) is 2.72. The molecule has 2 aromatic rings. The molecule has 27 heavy (non-hydrogen) atoms. The molecule has 2 heterocycles. The van der Waals surface area contributed by atoms with Crippen molar-refractivity contribution in [2.45, 2.75) is 19.4 Å². The zero-order valence-electron chi connectivity index (χ0n) is 15.7. The van der Waals surface area contributed by atoms with Gasteiger partial charge < -0.3 is 14.5 Å². The van der Waals surface area contributed by atoms with Crippen molar-refractivity contribution in [3.8, 4) is 0 Å². The number of hydrogen-bond donors (Lipinski definition) is 0. The van der Waals surface area contributed by atoms with Crippen LogP contribution in [-0.4, -0.2) is 49.1 Å². The SMILES string of the molecule is COCCN(Cc1ccccc1F)C(=O)[C@@H]1CCCN(c2ccccn2)C1. The van der Waals surface area contributed by atoms with Crippen LogP contribution in [0, 0.1) is 11.7 Å². The third-order valence-corrected chi connectivity index (χ3v) is 4.94. The van der Waals surface area contributed by atoms with E-state index in [2.05, 4.69) is 9.88 Å². The quantitative estimate of drug-likeness (QED) is 0.750. The summed E-state index contributed by atoms with van der Waals surface area (Å²) in [5, 5.41) is 0. The van der Waals surface area contributed by atoms with Gasteiger partial charge in [-0.25, -0.2) is 9.37 Å². The van der Waals surface area contributed by atoms with Crippen molar-refractivity contribution in [2.75, 3.05) is 38.3 Å². The summed E-state index contributed by atoms with van der Waals surface area (Å²) in [6.07, 6.45) is 3.54. The number of hydrogen-bond acceptors (Lipinski definition) is 4. The van der Waals surface area contributed by atoms with Gasteiger partial charge >= 0.3 is 0 Å². The molecule has 1 fully saturated rings. The number of ether oxygens (including phenoxy) is 1. The molecule has 0 aliphatic carbocycles. The Morgan fingerprint density at radius 1 is 1.30 bits per heavy atom. The van der Waals surface area contributed by atoms with Gasteiger partial charge in [0.05, 0.1) is 12.5 Å². The topological polar surface area (TPSA) is 45.7 Å². The van der Waals surface area contributed by atoms with Gasteiger partial charge in [0.2, 0.25) is 5.91 Å². The van der Waals surface area contributed by atoms with Gasteiger partial charge in [0.1, 0.15) is 11.6 Å². The van der Waals surface area contributed by atoms with E-state index in [0.717, 1.165) is 25.2 Å². The lowest BCUT2D eigenvalue weighted by molar-refractivity contribution is -0.137. The molecule has 0 spiro atoms. The molecular weight excluding hydrogens is 345 g/mol. The van der Waals surface area contributed by atoms with Crippen LogP contribution in [0.4, 0.5) is 10.2 Å². The predicted octanol–water partition coefficient (Wildman–Crippen LogP) is 3.11. The van der Waals surface area contributed by atoms with Gasteiger partial charge in [0.25, 0.3) is 0 Å². The number of rotatable bonds is 7. The van der Waals surface area contributed by atoms with E-state index < -0.39 is 0 Å². The van der Waals surface area contributed by atoms with Gasteiger partial charge in [-0.3, -0.25) is 4.79 Å². The average molecular weight is 371 g/mol. The first-order valence-corrected chi connectivity index (χ1v) is 9.36. The summed E-state index contributed by atoms with van der Waals surface area (Å²) < 4.78 is 19.2. The maximum absolute atomic E-state index is 14.1. The monoisotopic (exact) mass is 371 g/mol. The Morgan fingerprint density at radius 3 is 2.85 bits per heavy atom. The summed E-state index contributed by atoms with van der Waals surface area (Å²) in [7, 11) is 1.61. The summed E-state index contributed by atoms with van der Waals surface area (Å²) in [4.78, 5) is 21.5. The number of carbonyl (C=O) groups is 1. The summed E-state index contributed by atoms with van der Waals surface area (Å²) in [5.74, 6) is 0.541. The number of nitrogens with zero attached hydrogens (tertiary/aromatic N) is 3. The fraction of sp³-hybridized carbons (Fsp3) is 0.429. The fourth-order valence-electron chi connectivity index (χ4n) is 3.49. The molecule has 5 nitrogen and oxygen atoms in total. The van der Waals surface area contributed by atoms with E-state index in [9.17, 15) is 9.18 Å². The van der Waals surface area contributed by atoms with Crippen molar-refractivity contribution in [3.05, 3.63) is 60.0 Å². The van der Waals surface area contributed by atoms with E-state index in [4.69, 9.17) is 4.74 Å². The highest BCUT2D eigenvalue weighted by Gasteiger charge is 2.30. The number of aromatic nitrogens is 1. The second-order valence-electron chi connectivity index (χ2n) is 6.82. The fourth-order valence-corrected chi connectivity index (χ4v) is 3.49. The predicted molar refractivity (Wildman–Crippen MR) is 103 cm³/mol. The zero-order chi connectivity index (χ0) is 19.1. The number of carbonyl (C=O) groups excluding carboxylic acids is 1. The van der Waals surface area contributed by atoms with Crippen LogP contribution in [0.25, 0.3) is 0 Å². The van der Waals surface area contributed by atoms with Crippen LogP contribution in [-0.2, 0) is 16.1 Å². The zero-order valence-corrected chi connectivity index (χ0v) is 15.7. The molecule has 0 bridgehead atoms. The van der Waals surface area contributed by atoms with E-state index in [1.807, 2.05) is 18.2 Å². The third kappa shape index (κ3) is 5.04. The van der Waals surface area contributed by atoms with Crippen molar-refractivity contribution in [1.29, 1.82) is 0 Å². The van der Waals surface area contributed by atoms with Crippen LogP contribution in [0.15, 0.2) is 48.7 Å². The molecule has 1 aromatic heterocycles. The van der Waals surface area contributed by atoms with Gasteiger partial charge in [-0.1, -0.05) is 24.3 Å². The molecule has 0 unspecified atom stereocenters. The summed E-state index contributed by atoms with van der Waals surface area (Å²) in [6.45, 7) is 2.67. The standard InChI is InChI=1S/C21H26FN3O2/c1-27-14-13-25(15-17-7-2-3-9-19(17)22)21(26)18-8-6-12-24(16-18)20-10-4-5-11-23-20/h2-5,7,9-11,18H,6,8,12-16H2,1H3/t18-/m1/s1. The lowest BCUT2D eigenvalue weighted by Gasteiger charge is -2.35. The molecule has 1 amide bonds. The number of piperidine rings is 1. The highest BCUT2D eigenvalue weighted by atomic mass is 19.1. The van der Waals surface area contributed by atoms with E-state index in [1.165, 1.54) is 6.07 Å². The molecule has 0 N–H and O–H groups in total. The van der Waals surface area contributed by atoms with Gasteiger partial charge in [-0.05, 0) is 31.0 Å². The van der Waals surface area contributed by atoms with Crippen LogP contribution in [0.3, 0.4) is 0 Å². The lowest BCUT2D eigenvalue weighted by atomic mass is 9.96. The number of anilines is 1. The lowest BCUT2D eigenvalue weighted by Crippen LogP contribution is -2.45. The van der Waals surface area contributed by atoms with Gasteiger partial charge in [-0.2, -0.15) is 0 Å². The maximum Gasteiger partial charge on any atom is 0.227 e. The van der Waals surface area contributed by atoms with Crippen molar-refractivity contribution < 1.29 is 13.9 Å². The van der Waals surface area contributed by atoms with Crippen LogP contribution >= 0.6 is 0 Å². The van der Waals surface area contributed by atoms with Gasteiger partial charge in [-0.15, -0.1) is 0 Å². The minimum Gasteiger partial charge on any atom is -0.383 e. The van der Waals surface area contributed by atoms with Crippen LogP contribution in [0.1, 0.15) is 18.4 Å². The minimum atomic E-state index is -0.286. The first-order valence-electron chi connectivity index (χ1n) is 9.36. The Morgan fingerprint density at radius 2 is 2.11 bits per heavy atom. The molecule has 1 saturated heterocycles. The van der Waals surface area contributed by atoms with E-state index in [-0.39, 0.29) is 24.2 Å². The summed E-state index contributed by atoms with van der Waals surface area (Å²) >= 11 is 0. The second kappa shape index (κ2) is 9.46. The first kappa shape index (κ1) is 19.3. The molecule has 144 valence electrons. The van der Waals surface area contributed by atoms with E-state index in [1.54, 1.807) is 36.4 Å². The normalized spacial score (nSPS) is 17.0. The molecular formula is C21H26FN3O2. The molecule has 6 heteroatoms. The molecule has 1 atom stereocenters. The highest BCUT2D eigenvalue weighted by molar-refractivity contribution is 5.79. The summed E-state index contributed by atoms with van der Waals surface area (Å²) in [5.41, 5.74) is 0.527.